The molecule has 0 saturated carbocycles. The lowest BCUT2D eigenvalue weighted by atomic mass is 9.98. The van der Waals surface area contributed by atoms with Gasteiger partial charge in [0, 0.05) is 11.1 Å². The molecule has 0 aliphatic rings. The van der Waals surface area contributed by atoms with Gasteiger partial charge >= 0.3 is 5.97 Å². The Labute approximate surface area is 157 Å². The normalized spacial score (nSPS) is 11.6. The number of thiophene rings is 1. The number of hydrogen-bond acceptors (Lipinski definition) is 7. The van der Waals surface area contributed by atoms with E-state index in [1.54, 1.807) is 24.3 Å². The SMILES string of the molecule is CCC(C(=O)Oc1ncoc1-c1ccc(Cl)s1)c1ccc(N=[N+]=[N-])nc1. The molecular formula is C16H12ClN5O3S. The van der Waals surface area contributed by atoms with E-state index in [0.29, 0.717) is 27.0 Å². The van der Waals surface area contributed by atoms with Gasteiger partial charge in [0.25, 0.3) is 5.88 Å². The second-order valence-electron chi connectivity index (χ2n) is 5.11. The number of esters is 1. The summed E-state index contributed by atoms with van der Waals surface area (Å²) < 4.78 is 11.4. The molecule has 0 N–H and O–H groups in total. The Morgan fingerprint density at radius 2 is 2.27 bits per heavy atom. The van der Waals surface area contributed by atoms with Crippen LogP contribution in [0.1, 0.15) is 24.8 Å². The van der Waals surface area contributed by atoms with Crippen molar-refractivity contribution in [1.82, 2.24) is 9.97 Å². The van der Waals surface area contributed by atoms with E-state index in [2.05, 4.69) is 20.0 Å². The predicted octanol–water partition coefficient (Wildman–Crippen LogP) is 5.49. The van der Waals surface area contributed by atoms with E-state index in [9.17, 15) is 4.79 Å². The van der Waals surface area contributed by atoms with Crippen molar-refractivity contribution in [2.45, 2.75) is 19.3 Å². The van der Waals surface area contributed by atoms with Crippen LogP contribution >= 0.6 is 22.9 Å². The first-order valence-electron chi connectivity index (χ1n) is 7.54. The summed E-state index contributed by atoms with van der Waals surface area (Å²) in [6.07, 6.45) is 3.20. The molecule has 1 atom stereocenters. The number of ether oxygens (including phenoxy) is 1. The minimum absolute atomic E-state index is 0.0885. The van der Waals surface area contributed by atoms with Gasteiger partial charge in [0.1, 0.15) is 5.82 Å². The van der Waals surface area contributed by atoms with Crippen molar-refractivity contribution in [2.24, 2.45) is 5.11 Å². The molecule has 3 heterocycles. The number of carbonyl (C=O) groups excluding carboxylic acids is 1. The third-order valence-corrected chi connectivity index (χ3v) is 4.77. The molecule has 0 aliphatic heterocycles. The Morgan fingerprint density at radius 1 is 1.42 bits per heavy atom. The van der Waals surface area contributed by atoms with E-state index >= 15 is 0 Å². The fourth-order valence-electron chi connectivity index (χ4n) is 2.32. The van der Waals surface area contributed by atoms with Gasteiger partial charge in [-0.25, -0.2) is 0 Å². The van der Waals surface area contributed by atoms with E-state index in [0.717, 1.165) is 0 Å². The highest BCUT2D eigenvalue weighted by Gasteiger charge is 2.25. The van der Waals surface area contributed by atoms with Crippen LogP contribution in [0.25, 0.3) is 21.1 Å². The molecule has 8 nitrogen and oxygen atoms in total. The molecule has 0 aliphatic carbocycles. The van der Waals surface area contributed by atoms with Gasteiger partial charge in [-0.15, -0.1) is 11.3 Å². The maximum atomic E-state index is 12.6. The highest BCUT2D eigenvalue weighted by molar-refractivity contribution is 7.19. The van der Waals surface area contributed by atoms with Gasteiger partial charge in [-0.2, -0.15) is 4.98 Å². The number of oxazole rings is 1. The molecule has 0 fully saturated rings. The lowest BCUT2D eigenvalue weighted by Gasteiger charge is -2.13. The van der Waals surface area contributed by atoms with Crippen LogP contribution in [-0.2, 0) is 4.79 Å². The fourth-order valence-corrected chi connectivity index (χ4v) is 3.34. The molecule has 0 spiro atoms. The molecule has 26 heavy (non-hydrogen) atoms. The van der Waals surface area contributed by atoms with Crippen LogP contribution < -0.4 is 4.74 Å². The molecule has 3 aromatic heterocycles. The first kappa shape index (κ1) is 17.9. The molecule has 1 unspecified atom stereocenters. The van der Waals surface area contributed by atoms with Gasteiger partial charge in [-0.3, -0.25) is 9.78 Å². The highest BCUT2D eigenvalue weighted by Crippen LogP contribution is 2.36. The zero-order valence-electron chi connectivity index (χ0n) is 13.5. The predicted molar refractivity (Wildman–Crippen MR) is 96.5 cm³/mol. The third kappa shape index (κ3) is 3.85. The molecule has 0 bridgehead atoms. The van der Waals surface area contributed by atoms with E-state index in [4.69, 9.17) is 26.3 Å². The van der Waals surface area contributed by atoms with Crippen molar-refractivity contribution in [3.05, 3.63) is 57.2 Å². The lowest BCUT2D eigenvalue weighted by Crippen LogP contribution is -2.18. The van der Waals surface area contributed by atoms with E-state index in [1.807, 2.05) is 6.92 Å². The quantitative estimate of drug-likeness (QED) is 0.239. The largest absolute Gasteiger partial charge is 0.438 e. The van der Waals surface area contributed by atoms with Crippen LogP contribution in [0.3, 0.4) is 0 Å². The summed E-state index contributed by atoms with van der Waals surface area (Å²) in [6.45, 7) is 1.86. The standard InChI is InChI=1S/C16H12ClN5O3S/c1-2-10(9-3-6-13(19-7-9)21-22-18)16(23)25-15-14(24-8-20-15)11-4-5-12(17)26-11/h3-8,10H,2H2,1H3. The maximum absolute atomic E-state index is 12.6. The zero-order valence-corrected chi connectivity index (χ0v) is 15.1. The van der Waals surface area contributed by atoms with Gasteiger partial charge in [-0.1, -0.05) is 24.6 Å². The summed E-state index contributed by atoms with van der Waals surface area (Å²) in [5.41, 5.74) is 9.07. The van der Waals surface area contributed by atoms with Crippen molar-refractivity contribution in [1.29, 1.82) is 0 Å². The molecule has 0 amide bonds. The smallest absolute Gasteiger partial charge is 0.320 e. The maximum Gasteiger partial charge on any atom is 0.320 e. The van der Waals surface area contributed by atoms with E-state index in [1.165, 1.54) is 23.9 Å². The van der Waals surface area contributed by atoms with Crippen LogP contribution in [-0.4, -0.2) is 15.9 Å². The number of rotatable bonds is 6. The summed E-state index contributed by atoms with van der Waals surface area (Å²) in [5, 5.41) is 3.41. The molecule has 0 aromatic carbocycles. The number of hydrogen-bond donors (Lipinski definition) is 0. The summed E-state index contributed by atoms with van der Waals surface area (Å²) in [5.74, 6) is -0.358. The Kier molecular flexibility index (Phi) is 5.52. The topological polar surface area (TPSA) is 114 Å². The number of halogens is 1. The van der Waals surface area contributed by atoms with Crippen LogP contribution in [0.15, 0.2) is 46.4 Å². The molecule has 3 rings (SSSR count). The monoisotopic (exact) mass is 389 g/mol. The average molecular weight is 390 g/mol. The van der Waals surface area contributed by atoms with Gasteiger partial charge in [-0.05, 0) is 40.8 Å². The van der Waals surface area contributed by atoms with Gasteiger partial charge in [0.15, 0.2) is 6.39 Å². The van der Waals surface area contributed by atoms with Crippen molar-refractivity contribution < 1.29 is 13.9 Å². The van der Waals surface area contributed by atoms with E-state index in [-0.39, 0.29) is 11.7 Å². The second kappa shape index (κ2) is 8.01. The lowest BCUT2D eigenvalue weighted by molar-refractivity contribution is -0.136. The number of azide groups is 1. The first-order chi connectivity index (χ1) is 12.6. The van der Waals surface area contributed by atoms with E-state index < -0.39 is 11.9 Å². The van der Waals surface area contributed by atoms with Gasteiger partial charge < -0.3 is 9.15 Å². The summed E-state index contributed by atoms with van der Waals surface area (Å²) in [7, 11) is 0. The molecular weight excluding hydrogens is 378 g/mol. The molecule has 0 saturated heterocycles. The van der Waals surface area contributed by atoms with Crippen molar-refractivity contribution in [3.63, 3.8) is 0 Å². The number of pyridine rings is 1. The summed E-state index contributed by atoms with van der Waals surface area (Å²) >= 11 is 7.23. The second-order valence-corrected chi connectivity index (χ2v) is 6.83. The fraction of sp³-hybridized carbons (Fsp3) is 0.188. The Bertz CT molecular complexity index is 962. The summed E-state index contributed by atoms with van der Waals surface area (Å²) in [4.78, 5) is 24.0. The van der Waals surface area contributed by atoms with Crippen LogP contribution in [0, 0.1) is 0 Å². The van der Waals surface area contributed by atoms with Gasteiger partial charge in [0.05, 0.1) is 15.1 Å². The first-order valence-corrected chi connectivity index (χ1v) is 8.73. The molecule has 132 valence electrons. The Hall–Kier alpha value is -2.87. The minimum Gasteiger partial charge on any atom is -0.438 e. The van der Waals surface area contributed by atoms with Crippen LogP contribution in [0.2, 0.25) is 4.34 Å². The van der Waals surface area contributed by atoms with Gasteiger partial charge in [0.2, 0.25) is 5.76 Å². The Morgan fingerprint density at radius 3 is 2.88 bits per heavy atom. The summed E-state index contributed by atoms with van der Waals surface area (Å²) in [6, 6.07) is 6.71. The highest BCUT2D eigenvalue weighted by atomic mass is 35.5. The minimum atomic E-state index is -0.543. The van der Waals surface area contributed by atoms with Crippen molar-refractivity contribution in [3.8, 4) is 16.5 Å². The van der Waals surface area contributed by atoms with Crippen molar-refractivity contribution in [2.75, 3.05) is 0 Å². The molecule has 3 aromatic rings. The number of aromatic nitrogens is 2. The Balaban J connectivity index is 1.80. The third-order valence-electron chi connectivity index (χ3n) is 3.54. The average Bonchev–Trinajstić information content (AvgIpc) is 3.26. The number of carbonyl (C=O) groups is 1. The zero-order chi connectivity index (χ0) is 18.5. The van der Waals surface area contributed by atoms with Crippen LogP contribution in [0.4, 0.5) is 5.82 Å². The van der Waals surface area contributed by atoms with Crippen LogP contribution in [0.5, 0.6) is 5.88 Å². The number of nitrogens with zero attached hydrogens (tertiary/aromatic N) is 5. The van der Waals surface area contributed by atoms with Crippen molar-refractivity contribution >= 4 is 34.7 Å². The molecule has 10 heteroatoms. The molecule has 0 radical (unpaired) electrons.